The van der Waals surface area contributed by atoms with Gasteiger partial charge in [-0.25, -0.2) is 18.2 Å². The number of aromatic amines is 1. The van der Waals surface area contributed by atoms with Gasteiger partial charge in [-0.15, -0.1) is 0 Å². The number of halogens is 3. The fourth-order valence-corrected chi connectivity index (χ4v) is 6.72. The van der Waals surface area contributed by atoms with Crippen molar-refractivity contribution >= 4 is 38.4 Å². The number of nitrogens with zero attached hydrogens (tertiary/aromatic N) is 3. The highest BCUT2D eigenvalue weighted by molar-refractivity contribution is 7.90. The number of carbonyl (C=O) groups is 1. The maximum atomic E-state index is 15.5. The minimum Gasteiger partial charge on any atom is -0.372 e. The molecule has 2 aromatic carbocycles. The van der Waals surface area contributed by atoms with Crippen LogP contribution < -0.4 is 9.62 Å². The van der Waals surface area contributed by atoms with E-state index in [2.05, 4.69) is 14.9 Å². The van der Waals surface area contributed by atoms with Crippen LogP contribution in [-0.2, 0) is 10.2 Å². The highest BCUT2D eigenvalue weighted by atomic mass is 32.2. The van der Waals surface area contributed by atoms with E-state index >= 15 is 4.39 Å². The standard InChI is InChI=1S/C29H28F3N5O3S/c30-20-10-13-37(17-20)41(39,40)35-25-9-8-24(31)26(27(25)32)28(38)23-16-34-29-22(23)14-19(15-33-29)18-4-6-21(7-5-18)36-11-2-1-3-12-36/h4-9,14-16,20,35H,1-3,10-13,17H2,(H,33,34). The molecule has 2 fully saturated rings. The highest BCUT2D eigenvalue weighted by Gasteiger charge is 2.33. The first-order valence-corrected chi connectivity index (χ1v) is 14.9. The van der Waals surface area contributed by atoms with Crippen LogP contribution in [0.1, 0.15) is 41.6 Å². The summed E-state index contributed by atoms with van der Waals surface area (Å²) in [5, 5.41) is 0.364. The van der Waals surface area contributed by atoms with E-state index in [9.17, 15) is 22.0 Å². The first-order chi connectivity index (χ1) is 19.7. The van der Waals surface area contributed by atoms with Crippen molar-refractivity contribution in [2.75, 3.05) is 35.8 Å². The van der Waals surface area contributed by atoms with Crippen LogP contribution in [0.2, 0.25) is 0 Å². The van der Waals surface area contributed by atoms with Crippen molar-refractivity contribution in [2.45, 2.75) is 31.9 Å². The number of ketones is 1. The van der Waals surface area contributed by atoms with Crippen LogP contribution in [0.4, 0.5) is 24.5 Å². The first kappa shape index (κ1) is 27.3. The van der Waals surface area contributed by atoms with E-state index in [0.29, 0.717) is 11.0 Å². The van der Waals surface area contributed by atoms with Gasteiger partial charge >= 0.3 is 10.2 Å². The molecule has 0 amide bonds. The molecule has 2 aromatic heterocycles. The van der Waals surface area contributed by atoms with Crippen molar-refractivity contribution < 1.29 is 26.4 Å². The summed E-state index contributed by atoms with van der Waals surface area (Å²) in [7, 11) is -4.31. The summed E-state index contributed by atoms with van der Waals surface area (Å²) in [6.45, 7) is 1.61. The molecular weight excluding hydrogens is 555 g/mol. The Kier molecular flexibility index (Phi) is 7.20. The Hall–Kier alpha value is -3.90. The summed E-state index contributed by atoms with van der Waals surface area (Å²) in [4.78, 5) is 23.1. The minimum atomic E-state index is -4.31. The van der Waals surface area contributed by atoms with Gasteiger partial charge in [0.25, 0.3) is 0 Å². The van der Waals surface area contributed by atoms with Crippen LogP contribution in [0.15, 0.2) is 54.9 Å². The van der Waals surface area contributed by atoms with Crippen molar-refractivity contribution in [1.82, 2.24) is 14.3 Å². The third-order valence-electron chi connectivity index (χ3n) is 7.69. The van der Waals surface area contributed by atoms with Gasteiger partial charge in [0.2, 0.25) is 5.78 Å². The number of nitrogens with one attached hydrogen (secondary N) is 2. The Morgan fingerprint density at radius 2 is 1.76 bits per heavy atom. The predicted octanol–water partition coefficient (Wildman–Crippen LogP) is 5.43. The average Bonchev–Trinajstić information content (AvgIpc) is 3.61. The Balaban J connectivity index is 1.30. The molecule has 0 spiro atoms. The topological polar surface area (TPSA) is 98.4 Å². The quantitative estimate of drug-likeness (QED) is 0.283. The van der Waals surface area contributed by atoms with Gasteiger partial charge in [0, 0.05) is 60.8 Å². The largest absolute Gasteiger partial charge is 0.372 e. The normalized spacial score (nSPS) is 18.2. The molecule has 4 heterocycles. The number of anilines is 2. The van der Waals surface area contributed by atoms with E-state index in [1.54, 1.807) is 12.3 Å². The molecular formula is C29H28F3N5O3S. The second-order valence-corrected chi connectivity index (χ2v) is 12.1. The zero-order chi connectivity index (χ0) is 28.7. The molecule has 12 heteroatoms. The van der Waals surface area contributed by atoms with Gasteiger partial charge in [0.05, 0.1) is 11.3 Å². The van der Waals surface area contributed by atoms with Crippen molar-refractivity contribution in [1.29, 1.82) is 0 Å². The summed E-state index contributed by atoms with van der Waals surface area (Å²) in [5.74, 6) is -3.48. The summed E-state index contributed by atoms with van der Waals surface area (Å²) >= 11 is 0. The number of hydrogen-bond acceptors (Lipinski definition) is 5. The van der Waals surface area contributed by atoms with Crippen molar-refractivity contribution in [2.24, 2.45) is 0 Å². The van der Waals surface area contributed by atoms with Gasteiger partial charge in [-0.1, -0.05) is 12.1 Å². The third kappa shape index (κ3) is 5.29. The van der Waals surface area contributed by atoms with E-state index in [1.165, 1.54) is 25.5 Å². The van der Waals surface area contributed by atoms with Crippen molar-refractivity contribution in [3.8, 4) is 11.1 Å². The monoisotopic (exact) mass is 583 g/mol. The van der Waals surface area contributed by atoms with E-state index in [-0.39, 0.29) is 25.1 Å². The fraction of sp³-hybridized carbons (Fsp3) is 0.310. The van der Waals surface area contributed by atoms with E-state index in [1.807, 2.05) is 29.0 Å². The number of piperidine rings is 1. The molecule has 0 radical (unpaired) electrons. The van der Waals surface area contributed by atoms with Gasteiger partial charge in [0.1, 0.15) is 17.6 Å². The number of aromatic nitrogens is 2. The van der Waals surface area contributed by atoms with Crippen LogP contribution >= 0.6 is 0 Å². The number of alkyl halides is 1. The predicted molar refractivity (Wildman–Crippen MR) is 151 cm³/mol. The van der Waals surface area contributed by atoms with E-state index in [0.717, 1.165) is 46.3 Å². The molecule has 214 valence electrons. The number of rotatable bonds is 7. The van der Waals surface area contributed by atoms with Crippen molar-refractivity contribution in [3.05, 3.63) is 77.6 Å². The Bertz CT molecular complexity index is 1720. The van der Waals surface area contributed by atoms with Gasteiger partial charge in [-0.3, -0.25) is 9.52 Å². The fourth-order valence-electron chi connectivity index (χ4n) is 5.45. The summed E-state index contributed by atoms with van der Waals surface area (Å²) in [5.41, 5.74) is 1.54. The zero-order valence-corrected chi connectivity index (χ0v) is 22.9. The molecule has 2 aliphatic rings. The van der Waals surface area contributed by atoms with Gasteiger partial charge in [0.15, 0.2) is 5.82 Å². The molecule has 2 aliphatic heterocycles. The molecule has 4 aromatic rings. The maximum Gasteiger partial charge on any atom is 0.301 e. The molecule has 6 rings (SSSR count). The number of fused-ring (bicyclic) bond motifs is 1. The van der Waals surface area contributed by atoms with E-state index < -0.39 is 45.0 Å². The van der Waals surface area contributed by atoms with Gasteiger partial charge < -0.3 is 9.88 Å². The lowest BCUT2D eigenvalue weighted by atomic mass is 9.99. The smallest absolute Gasteiger partial charge is 0.301 e. The second kappa shape index (κ2) is 10.8. The lowest BCUT2D eigenvalue weighted by molar-refractivity contribution is 0.103. The Morgan fingerprint density at radius 3 is 2.46 bits per heavy atom. The van der Waals surface area contributed by atoms with Crippen LogP contribution in [0.3, 0.4) is 0 Å². The number of pyridine rings is 1. The molecule has 1 atom stereocenters. The van der Waals surface area contributed by atoms with Crippen LogP contribution in [0, 0.1) is 11.6 Å². The number of benzene rings is 2. The minimum absolute atomic E-state index is 0.0168. The average molecular weight is 584 g/mol. The second-order valence-electron chi connectivity index (χ2n) is 10.4. The number of hydrogen-bond donors (Lipinski definition) is 2. The molecule has 41 heavy (non-hydrogen) atoms. The molecule has 0 saturated carbocycles. The van der Waals surface area contributed by atoms with Gasteiger partial charge in [-0.2, -0.15) is 12.7 Å². The third-order valence-corrected chi connectivity index (χ3v) is 9.18. The molecule has 1 unspecified atom stereocenters. The molecule has 0 bridgehead atoms. The van der Waals surface area contributed by atoms with Crippen molar-refractivity contribution in [3.63, 3.8) is 0 Å². The number of carbonyl (C=O) groups excluding carboxylic acids is 1. The molecule has 8 nitrogen and oxygen atoms in total. The first-order valence-electron chi connectivity index (χ1n) is 13.5. The summed E-state index contributed by atoms with van der Waals surface area (Å²) in [6, 6.07) is 11.5. The highest BCUT2D eigenvalue weighted by Crippen LogP contribution is 2.31. The lowest BCUT2D eigenvalue weighted by Crippen LogP contribution is -2.34. The Morgan fingerprint density at radius 1 is 1.00 bits per heavy atom. The molecule has 0 aliphatic carbocycles. The van der Waals surface area contributed by atoms with Crippen LogP contribution in [0.5, 0.6) is 0 Å². The maximum absolute atomic E-state index is 15.5. The lowest BCUT2D eigenvalue weighted by Gasteiger charge is -2.28. The van der Waals surface area contributed by atoms with E-state index in [4.69, 9.17) is 0 Å². The SMILES string of the molecule is O=C(c1c(F)ccc(NS(=O)(=O)N2CCC(F)C2)c1F)c1c[nH]c2ncc(-c3ccc(N4CCCCC4)cc3)cc12. The Labute approximate surface area is 235 Å². The van der Waals surface area contributed by atoms with Gasteiger partial charge in [-0.05, 0) is 61.6 Å². The molecule has 2 N–H and O–H groups in total. The zero-order valence-electron chi connectivity index (χ0n) is 22.0. The van der Waals surface area contributed by atoms with Crippen LogP contribution in [0.25, 0.3) is 22.2 Å². The number of H-pyrrole nitrogens is 1. The van der Waals surface area contributed by atoms with Crippen LogP contribution in [-0.4, -0.2) is 60.8 Å². The molecule has 2 saturated heterocycles. The summed E-state index contributed by atoms with van der Waals surface area (Å²) < 4.78 is 72.1. The summed E-state index contributed by atoms with van der Waals surface area (Å²) in [6.07, 6.45) is 5.25.